The number of ketones is 1. The van der Waals surface area contributed by atoms with Crippen LogP contribution in [0.3, 0.4) is 0 Å². The van der Waals surface area contributed by atoms with Gasteiger partial charge in [-0.15, -0.1) is 0 Å². The number of Topliss-reactive ketones (excluding diaryl/α,β-unsaturated/α-hetero) is 1. The zero-order valence-corrected chi connectivity index (χ0v) is 8.16. The fraction of sp³-hybridized carbons (Fsp3) is 0.778. The first kappa shape index (κ1) is 10.2. The Hall–Kier alpha value is -0.900. The van der Waals surface area contributed by atoms with Crippen molar-refractivity contribution in [3.8, 4) is 0 Å². The van der Waals surface area contributed by atoms with E-state index in [9.17, 15) is 9.59 Å². The lowest BCUT2D eigenvalue weighted by molar-refractivity contribution is -0.145. The molecule has 0 unspecified atom stereocenters. The molecule has 0 amide bonds. The van der Waals surface area contributed by atoms with Crippen LogP contribution in [0.15, 0.2) is 0 Å². The molecule has 0 radical (unpaired) electrons. The average molecular weight is 185 g/mol. The van der Waals surface area contributed by atoms with Gasteiger partial charge in [-0.05, 0) is 5.92 Å². The van der Waals surface area contributed by atoms with Crippen LogP contribution in [0.2, 0.25) is 0 Å². The number of carbonyl (C=O) groups is 2. The highest BCUT2D eigenvalue weighted by Crippen LogP contribution is 2.21. The predicted octanol–water partition coefficient (Wildman–Crippen LogP) is -0.0275. The third-order valence-electron chi connectivity index (χ3n) is 2.40. The van der Waals surface area contributed by atoms with E-state index in [0.29, 0.717) is 0 Å². The maximum absolute atomic E-state index is 11.4. The van der Waals surface area contributed by atoms with Crippen molar-refractivity contribution >= 4 is 11.8 Å². The lowest BCUT2D eigenvalue weighted by Crippen LogP contribution is -2.39. The van der Waals surface area contributed by atoms with Crippen LogP contribution in [-0.4, -0.2) is 31.4 Å². The molecule has 1 aliphatic heterocycles. The molecule has 74 valence electrons. The van der Waals surface area contributed by atoms with E-state index in [-0.39, 0.29) is 30.1 Å². The summed E-state index contributed by atoms with van der Waals surface area (Å²) in [6.45, 7) is 4.15. The highest BCUT2D eigenvalue weighted by molar-refractivity contribution is 5.93. The summed E-state index contributed by atoms with van der Waals surface area (Å²) < 4.78 is 4.61. The van der Waals surface area contributed by atoms with E-state index in [2.05, 4.69) is 10.1 Å². The number of hydrogen-bond donors (Lipinski definition) is 1. The largest absolute Gasteiger partial charge is 0.468 e. The van der Waals surface area contributed by atoms with Gasteiger partial charge in [-0.25, -0.2) is 0 Å². The summed E-state index contributed by atoms with van der Waals surface area (Å²) in [6.07, 6.45) is 0. The number of methoxy groups -OCH3 is 1. The van der Waals surface area contributed by atoms with Gasteiger partial charge in [0, 0.05) is 5.92 Å². The predicted molar refractivity (Wildman–Crippen MR) is 47.1 cm³/mol. The molecule has 1 heterocycles. The summed E-state index contributed by atoms with van der Waals surface area (Å²) in [6, 6.07) is -0.447. The Morgan fingerprint density at radius 1 is 1.62 bits per heavy atom. The molecule has 4 heteroatoms. The van der Waals surface area contributed by atoms with Gasteiger partial charge < -0.3 is 4.74 Å². The van der Waals surface area contributed by atoms with Crippen LogP contribution < -0.4 is 5.32 Å². The molecule has 4 nitrogen and oxygen atoms in total. The van der Waals surface area contributed by atoms with Crippen molar-refractivity contribution in [1.82, 2.24) is 5.32 Å². The zero-order valence-electron chi connectivity index (χ0n) is 8.16. The van der Waals surface area contributed by atoms with Crippen molar-refractivity contribution in [3.05, 3.63) is 0 Å². The molecule has 1 saturated heterocycles. The van der Waals surface area contributed by atoms with E-state index < -0.39 is 6.04 Å². The molecule has 1 rings (SSSR count). The summed E-state index contributed by atoms with van der Waals surface area (Å²) in [5.41, 5.74) is 0. The van der Waals surface area contributed by atoms with Crippen molar-refractivity contribution in [1.29, 1.82) is 0 Å². The molecule has 0 saturated carbocycles. The Balaban J connectivity index is 2.75. The number of rotatable bonds is 2. The minimum atomic E-state index is -0.447. The fourth-order valence-electron chi connectivity index (χ4n) is 1.75. The second-order valence-corrected chi connectivity index (χ2v) is 3.62. The molecule has 1 aliphatic rings. The maximum Gasteiger partial charge on any atom is 0.323 e. The average Bonchev–Trinajstić information content (AvgIpc) is 2.45. The second kappa shape index (κ2) is 3.87. The highest BCUT2D eigenvalue weighted by atomic mass is 16.5. The van der Waals surface area contributed by atoms with Crippen LogP contribution in [0.1, 0.15) is 13.8 Å². The van der Waals surface area contributed by atoms with Gasteiger partial charge in [0.1, 0.15) is 6.04 Å². The van der Waals surface area contributed by atoms with Crippen LogP contribution in [0, 0.1) is 11.8 Å². The number of nitrogens with one attached hydrogen (secondary N) is 1. The Morgan fingerprint density at radius 3 is 2.69 bits per heavy atom. The summed E-state index contributed by atoms with van der Waals surface area (Å²) in [5, 5.41) is 2.86. The quantitative estimate of drug-likeness (QED) is 0.614. The Kier molecular flexibility index (Phi) is 3.03. The number of esters is 1. The van der Waals surface area contributed by atoms with E-state index in [1.54, 1.807) is 0 Å². The van der Waals surface area contributed by atoms with Crippen molar-refractivity contribution in [2.45, 2.75) is 19.9 Å². The Bertz CT molecular complexity index is 225. The minimum Gasteiger partial charge on any atom is -0.468 e. The smallest absolute Gasteiger partial charge is 0.323 e. The van der Waals surface area contributed by atoms with Crippen molar-refractivity contribution in [3.63, 3.8) is 0 Å². The number of ether oxygens (including phenoxy) is 1. The van der Waals surface area contributed by atoms with E-state index in [0.717, 1.165) is 0 Å². The highest BCUT2D eigenvalue weighted by Gasteiger charge is 2.41. The topological polar surface area (TPSA) is 55.4 Å². The van der Waals surface area contributed by atoms with Crippen LogP contribution in [-0.2, 0) is 14.3 Å². The first-order valence-electron chi connectivity index (χ1n) is 4.42. The molecule has 0 spiro atoms. The normalized spacial score (nSPS) is 28.2. The summed E-state index contributed by atoms with van der Waals surface area (Å²) >= 11 is 0. The molecule has 0 aromatic rings. The van der Waals surface area contributed by atoms with E-state index in [1.165, 1.54) is 7.11 Å². The Labute approximate surface area is 77.6 Å². The van der Waals surface area contributed by atoms with Crippen LogP contribution in [0.5, 0.6) is 0 Å². The van der Waals surface area contributed by atoms with Crippen molar-refractivity contribution < 1.29 is 14.3 Å². The fourth-order valence-corrected chi connectivity index (χ4v) is 1.75. The molecule has 1 fully saturated rings. The molecule has 2 atom stereocenters. The molecular weight excluding hydrogens is 170 g/mol. The Morgan fingerprint density at radius 2 is 2.23 bits per heavy atom. The van der Waals surface area contributed by atoms with E-state index in [1.807, 2.05) is 13.8 Å². The van der Waals surface area contributed by atoms with Gasteiger partial charge in [-0.3, -0.25) is 14.9 Å². The van der Waals surface area contributed by atoms with Gasteiger partial charge in [-0.2, -0.15) is 0 Å². The van der Waals surface area contributed by atoms with Gasteiger partial charge in [-0.1, -0.05) is 13.8 Å². The first-order chi connectivity index (χ1) is 6.07. The molecule has 0 aliphatic carbocycles. The monoisotopic (exact) mass is 185 g/mol. The van der Waals surface area contributed by atoms with E-state index >= 15 is 0 Å². The zero-order chi connectivity index (χ0) is 10.0. The summed E-state index contributed by atoms with van der Waals surface area (Å²) in [5.74, 6) is -0.297. The van der Waals surface area contributed by atoms with Crippen molar-refractivity contribution in [2.24, 2.45) is 11.8 Å². The molecule has 13 heavy (non-hydrogen) atoms. The first-order valence-corrected chi connectivity index (χ1v) is 4.42. The summed E-state index contributed by atoms with van der Waals surface area (Å²) in [4.78, 5) is 22.6. The summed E-state index contributed by atoms with van der Waals surface area (Å²) in [7, 11) is 1.34. The molecular formula is C9H15NO3. The molecule has 1 N–H and O–H groups in total. The SMILES string of the molecule is COC(=O)[C@H]1NCC(=O)[C@@H]1C(C)C. The lowest BCUT2D eigenvalue weighted by Gasteiger charge is -2.18. The lowest BCUT2D eigenvalue weighted by atomic mass is 9.88. The van der Waals surface area contributed by atoms with Crippen molar-refractivity contribution in [2.75, 3.05) is 13.7 Å². The van der Waals surface area contributed by atoms with Crippen LogP contribution >= 0.6 is 0 Å². The third-order valence-corrected chi connectivity index (χ3v) is 2.40. The minimum absolute atomic E-state index is 0.102. The van der Waals surface area contributed by atoms with E-state index in [4.69, 9.17) is 0 Å². The van der Waals surface area contributed by atoms with Crippen LogP contribution in [0.25, 0.3) is 0 Å². The van der Waals surface area contributed by atoms with Gasteiger partial charge >= 0.3 is 5.97 Å². The standard InChI is InChI=1S/C9H15NO3/c1-5(2)7-6(11)4-10-8(7)9(12)13-3/h5,7-8,10H,4H2,1-3H3/t7-,8-/m0/s1. The van der Waals surface area contributed by atoms with Gasteiger partial charge in [0.25, 0.3) is 0 Å². The van der Waals surface area contributed by atoms with Crippen LogP contribution in [0.4, 0.5) is 0 Å². The van der Waals surface area contributed by atoms with Gasteiger partial charge in [0.15, 0.2) is 5.78 Å². The maximum atomic E-state index is 11.4. The van der Waals surface area contributed by atoms with Gasteiger partial charge in [0.2, 0.25) is 0 Å². The van der Waals surface area contributed by atoms with Gasteiger partial charge in [0.05, 0.1) is 13.7 Å². The number of carbonyl (C=O) groups excluding carboxylic acids is 2. The molecule has 0 bridgehead atoms. The molecule has 0 aromatic heterocycles. The molecule has 0 aromatic carbocycles. The number of hydrogen-bond acceptors (Lipinski definition) is 4. The second-order valence-electron chi connectivity index (χ2n) is 3.62. The third kappa shape index (κ3) is 1.88.